The molecule has 9 rings (SSSR count). The summed E-state index contributed by atoms with van der Waals surface area (Å²) in [5.74, 6) is 0. The molecule has 0 unspecified atom stereocenters. The Balaban J connectivity index is 1.42. The molecular formula is C38H25N7. The molecule has 0 bridgehead atoms. The Morgan fingerprint density at radius 2 is 0.933 bits per heavy atom. The lowest BCUT2D eigenvalue weighted by Crippen LogP contribution is -2.03. The number of aromatic nitrogens is 7. The van der Waals surface area contributed by atoms with Crippen molar-refractivity contribution in [1.82, 2.24) is 33.6 Å². The SMILES string of the molecule is c1ccc(-c2cccc(-c3ccccc3)c2-n2cnc3c(-n4cnc5ccccc54)c4ncn(-c5ccccc5)c4nc32)cc1. The standard InChI is InChI=1S/C38H25N7/c1-4-13-26(14-5-1)29-19-12-20-30(27-15-6-2-7-16-27)35(29)45-25-41-34-36(44-23-39-31-21-10-11-22-32(31)44)33-37(42-38(34)45)43(24-40-33)28-17-8-3-9-18-28/h1-25H. The van der Waals surface area contributed by atoms with Gasteiger partial charge in [0.25, 0.3) is 0 Å². The lowest BCUT2D eigenvalue weighted by atomic mass is 9.96. The first-order valence-corrected chi connectivity index (χ1v) is 14.8. The highest BCUT2D eigenvalue weighted by atomic mass is 15.2. The Bertz CT molecular complexity index is 2420. The number of hydrogen-bond acceptors (Lipinski definition) is 4. The van der Waals surface area contributed by atoms with Gasteiger partial charge in [-0.1, -0.05) is 109 Å². The molecular weight excluding hydrogens is 554 g/mol. The van der Waals surface area contributed by atoms with Crippen LogP contribution in [0.1, 0.15) is 0 Å². The van der Waals surface area contributed by atoms with E-state index in [-0.39, 0.29) is 0 Å². The van der Waals surface area contributed by atoms with Gasteiger partial charge in [0.2, 0.25) is 0 Å². The summed E-state index contributed by atoms with van der Waals surface area (Å²) in [4.78, 5) is 20.0. The van der Waals surface area contributed by atoms with E-state index in [0.717, 1.165) is 72.7 Å². The van der Waals surface area contributed by atoms with Crippen molar-refractivity contribution < 1.29 is 0 Å². The summed E-state index contributed by atoms with van der Waals surface area (Å²) in [6, 6.07) is 45.7. The van der Waals surface area contributed by atoms with Crippen LogP contribution in [0.4, 0.5) is 0 Å². The smallest absolute Gasteiger partial charge is 0.169 e. The third kappa shape index (κ3) is 3.98. The Morgan fingerprint density at radius 3 is 1.60 bits per heavy atom. The molecule has 0 amide bonds. The number of fused-ring (bicyclic) bond motifs is 3. The summed E-state index contributed by atoms with van der Waals surface area (Å²) in [5.41, 5.74) is 12.1. The van der Waals surface area contributed by atoms with Crippen molar-refractivity contribution in [2.24, 2.45) is 0 Å². The molecule has 4 heterocycles. The summed E-state index contributed by atoms with van der Waals surface area (Å²) in [6.45, 7) is 0. The molecule has 7 nitrogen and oxygen atoms in total. The van der Waals surface area contributed by atoms with E-state index in [0.29, 0.717) is 0 Å². The lowest BCUT2D eigenvalue weighted by molar-refractivity contribution is 1.05. The van der Waals surface area contributed by atoms with Crippen LogP contribution in [-0.4, -0.2) is 33.6 Å². The highest BCUT2D eigenvalue weighted by Crippen LogP contribution is 2.39. The van der Waals surface area contributed by atoms with Crippen LogP contribution in [0.2, 0.25) is 0 Å². The molecule has 0 saturated heterocycles. The van der Waals surface area contributed by atoms with Gasteiger partial charge in [-0.3, -0.25) is 13.7 Å². The predicted octanol–water partition coefficient (Wildman–Crippen LogP) is 8.43. The largest absolute Gasteiger partial charge is 0.294 e. The Morgan fingerprint density at radius 1 is 0.400 bits per heavy atom. The quantitative estimate of drug-likeness (QED) is 0.205. The zero-order valence-corrected chi connectivity index (χ0v) is 24.1. The molecule has 0 atom stereocenters. The van der Waals surface area contributed by atoms with Crippen molar-refractivity contribution in [3.8, 4) is 39.3 Å². The van der Waals surface area contributed by atoms with Gasteiger partial charge in [0, 0.05) is 16.8 Å². The number of rotatable bonds is 5. The van der Waals surface area contributed by atoms with Gasteiger partial charge in [0.1, 0.15) is 35.7 Å². The first-order valence-electron chi connectivity index (χ1n) is 14.8. The fourth-order valence-electron chi connectivity index (χ4n) is 6.26. The number of pyridine rings is 1. The molecule has 4 aromatic heterocycles. The van der Waals surface area contributed by atoms with Gasteiger partial charge in [-0.2, -0.15) is 0 Å². The van der Waals surface area contributed by atoms with Gasteiger partial charge in [-0.15, -0.1) is 0 Å². The fourth-order valence-corrected chi connectivity index (χ4v) is 6.26. The molecule has 0 aliphatic heterocycles. The number of hydrogen-bond donors (Lipinski definition) is 0. The van der Waals surface area contributed by atoms with E-state index < -0.39 is 0 Å². The van der Waals surface area contributed by atoms with E-state index in [1.54, 1.807) is 0 Å². The second-order valence-electron chi connectivity index (χ2n) is 10.9. The molecule has 5 aromatic carbocycles. The number of benzene rings is 5. The second-order valence-corrected chi connectivity index (χ2v) is 10.9. The summed E-state index contributed by atoms with van der Waals surface area (Å²) in [6.07, 6.45) is 5.58. The van der Waals surface area contributed by atoms with Crippen LogP contribution in [-0.2, 0) is 0 Å². The van der Waals surface area contributed by atoms with Crippen molar-refractivity contribution in [1.29, 1.82) is 0 Å². The Hall–Kier alpha value is -6.34. The van der Waals surface area contributed by atoms with E-state index >= 15 is 0 Å². The van der Waals surface area contributed by atoms with Gasteiger partial charge in [-0.05, 0) is 35.4 Å². The second kappa shape index (κ2) is 10.1. The van der Waals surface area contributed by atoms with Gasteiger partial charge in [-0.25, -0.2) is 19.9 Å². The van der Waals surface area contributed by atoms with Crippen molar-refractivity contribution in [2.45, 2.75) is 0 Å². The first-order chi connectivity index (χ1) is 22.3. The normalized spacial score (nSPS) is 11.6. The minimum Gasteiger partial charge on any atom is -0.294 e. The monoisotopic (exact) mass is 579 g/mol. The zero-order valence-electron chi connectivity index (χ0n) is 24.1. The van der Waals surface area contributed by atoms with Crippen LogP contribution >= 0.6 is 0 Å². The molecule has 0 fully saturated rings. The molecule has 0 aliphatic rings. The van der Waals surface area contributed by atoms with Gasteiger partial charge >= 0.3 is 0 Å². The molecule has 0 spiro atoms. The van der Waals surface area contributed by atoms with Crippen LogP contribution in [0.15, 0.2) is 152 Å². The maximum absolute atomic E-state index is 5.34. The predicted molar refractivity (Wildman–Crippen MR) is 179 cm³/mol. The third-order valence-electron chi connectivity index (χ3n) is 8.32. The number of para-hydroxylation sites is 4. The minimum atomic E-state index is 0.730. The zero-order chi connectivity index (χ0) is 29.7. The van der Waals surface area contributed by atoms with Crippen molar-refractivity contribution in [3.63, 3.8) is 0 Å². The van der Waals surface area contributed by atoms with E-state index in [2.05, 4.69) is 94.1 Å². The topological polar surface area (TPSA) is 66.3 Å². The van der Waals surface area contributed by atoms with Gasteiger partial charge in [0.15, 0.2) is 11.3 Å². The molecule has 0 saturated carbocycles. The third-order valence-corrected chi connectivity index (χ3v) is 8.32. The molecule has 9 aromatic rings. The van der Waals surface area contributed by atoms with Crippen molar-refractivity contribution >= 4 is 33.4 Å². The van der Waals surface area contributed by atoms with E-state index in [1.807, 2.05) is 72.1 Å². The highest BCUT2D eigenvalue weighted by molar-refractivity contribution is 6.01. The fraction of sp³-hybridized carbons (Fsp3) is 0. The van der Waals surface area contributed by atoms with Crippen LogP contribution in [0.3, 0.4) is 0 Å². The summed E-state index contributed by atoms with van der Waals surface area (Å²) >= 11 is 0. The molecule has 0 N–H and O–H groups in total. The highest BCUT2D eigenvalue weighted by Gasteiger charge is 2.24. The van der Waals surface area contributed by atoms with Crippen LogP contribution < -0.4 is 0 Å². The number of imidazole rings is 3. The van der Waals surface area contributed by atoms with Crippen molar-refractivity contribution in [2.75, 3.05) is 0 Å². The van der Waals surface area contributed by atoms with Crippen LogP contribution in [0, 0.1) is 0 Å². The first kappa shape index (κ1) is 25.2. The summed E-state index contributed by atoms with van der Waals surface area (Å²) in [5, 5.41) is 0. The van der Waals surface area contributed by atoms with Gasteiger partial charge < -0.3 is 0 Å². The Kier molecular flexibility index (Phi) is 5.67. The summed E-state index contributed by atoms with van der Waals surface area (Å²) in [7, 11) is 0. The maximum Gasteiger partial charge on any atom is 0.169 e. The van der Waals surface area contributed by atoms with Gasteiger partial charge in [0.05, 0.1) is 16.7 Å². The average molecular weight is 580 g/mol. The van der Waals surface area contributed by atoms with Crippen LogP contribution in [0.25, 0.3) is 72.7 Å². The summed E-state index contributed by atoms with van der Waals surface area (Å²) < 4.78 is 6.25. The number of nitrogens with zero attached hydrogens (tertiary/aromatic N) is 7. The molecule has 212 valence electrons. The van der Waals surface area contributed by atoms with Crippen molar-refractivity contribution in [3.05, 3.63) is 152 Å². The maximum atomic E-state index is 5.34. The molecule has 45 heavy (non-hydrogen) atoms. The molecule has 0 radical (unpaired) electrons. The lowest BCUT2D eigenvalue weighted by Gasteiger charge is -2.17. The van der Waals surface area contributed by atoms with E-state index in [9.17, 15) is 0 Å². The average Bonchev–Trinajstić information content (AvgIpc) is 3.85. The van der Waals surface area contributed by atoms with E-state index in [4.69, 9.17) is 19.9 Å². The van der Waals surface area contributed by atoms with Crippen LogP contribution in [0.5, 0.6) is 0 Å². The van der Waals surface area contributed by atoms with E-state index in [1.165, 1.54) is 0 Å². The molecule has 7 heteroatoms. The Labute approximate surface area is 258 Å². The molecule has 0 aliphatic carbocycles. The minimum absolute atomic E-state index is 0.730.